The second kappa shape index (κ2) is 5.32. The van der Waals surface area contributed by atoms with E-state index >= 15 is 0 Å². The molecule has 1 unspecified atom stereocenters. The summed E-state index contributed by atoms with van der Waals surface area (Å²) >= 11 is 3.59. The maximum absolute atomic E-state index is 4.11. The van der Waals surface area contributed by atoms with E-state index in [1.165, 1.54) is 17.6 Å². The molecule has 0 fully saturated rings. The molecule has 0 radical (unpaired) electrons. The van der Waals surface area contributed by atoms with Crippen molar-refractivity contribution in [1.29, 1.82) is 0 Å². The van der Waals surface area contributed by atoms with E-state index in [-0.39, 0.29) is 0 Å². The van der Waals surface area contributed by atoms with Crippen molar-refractivity contribution in [3.8, 4) is 0 Å². The molecule has 0 saturated carbocycles. The maximum atomic E-state index is 4.11. The zero-order valence-electron chi connectivity index (χ0n) is 8.07. The van der Waals surface area contributed by atoms with Crippen LogP contribution in [0, 0.1) is 0 Å². The van der Waals surface area contributed by atoms with E-state index in [0.717, 1.165) is 18.7 Å². The fourth-order valence-corrected chi connectivity index (χ4v) is 1.43. The minimum Gasteiger partial charge on any atom is -0.167 e. The lowest BCUT2D eigenvalue weighted by atomic mass is 10.1. The van der Waals surface area contributed by atoms with E-state index in [0.29, 0.717) is 4.83 Å². The Morgan fingerprint density at radius 3 is 2.85 bits per heavy atom. The first-order chi connectivity index (χ1) is 6.22. The number of alkyl halides is 1. The van der Waals surface area contributed by atoms with Crippen molar-refractivity contribution >= 4 is 15.9 Å². The van der Waals surface area contributed by atoms with Gasteiger partial charge in [-0.05, 0) is 24.5 Å². The number of hydrogen-bond acceptors (Lipinski definition) is 3. The van der Waals surface area contributed by atoms with Gasteiger partial charge in [0.05, 0.1) is 7.05 Å². The van der Waals surface area contributed by atoms with E-state index in [2.05, 4.69) is 38.3 Å². The highest BCUT2D eigenvalue weighted by Gasteiger charge is 2.03. The quantitative estimate of drug-likeness (QED) is 0.744. The molecular formula is C8H15BrN4. The topological polar surface area (TPSA) is 43.6 Å². The Morgan fingerprint density at radius 1 is 1.54 bits per heavy atom. The van der Waals surface area contributed by atoms with Gasteiger partial charge in [-0.15, -0.1) is 10.2 Å². The van der Waals surface area contributed by atoms with Crippen LogP contribution in [0.2, 0.25) is 0 Å². The predicted molar refractivity (Wildman–Crippen MR) is 54.7 cm³/mol. The summed E-state index contributed by atoms with van der Waals surface area (Å²) in [6.45, 7) is 2.18. The minimum absolute atomic E-state index is 0.629. The Hall–Kier alpha value is -0.450. The van der Waals surface area contributed by atoms with Crippen molar-refractivity contribution in [3.63, 3.8) is 0 Å². The molecule has 0 bridgehead atoms. The van der Waals surface area contributed by atoms with Gasteiger partial charge in [0, 0.05) is 11.2 Å². The van der Waals surface area contributed by atoms with Crippen molar-refractivity contribution in [1.82, 2.24) is 20.2 Å². The smallest absolute Gasteiger partial charge is 0.167 e. The Morgan fingerprint density at radius 2 is 2.31 bits per heavy atom. The van der Waals surface area contributed by atoms with Crippen LogP contribution in [0.25, 0.3) is 0 Å². The Kier molecular flexibility index (Phi) is 4.35. The second-order valence-electron chi connectivity index (χ2n) is 3.09. The van der Waals surface area contributed by atoms with E-state index in [4.69, 9.17) is 0 Å². The molecule has 13 heavy (non-hydrogen) atoms. The molecule has 0 saturated heterocycles. The molecule has 74 valence electrons. The van der Waals surface area contributed by atoms with Crippen molar-refractivity contribution in [2.45, 2.75) is 37.4 Å². The summed E-state index contributed by atoms with van der Waals surface area (Å²) in [6.07, 6.45) is 4.40. The minimum atomic E-state index is 0.629. The van der Waals surface area contributed by atoms with Gasteiger partial charge in [-0.3, -0.25) is 0 Å². The van der Waals surface area contributed by atoms with Crippen LogP contribution in [0.15, 0.2) is 0 Å². The number of aromatic nitrogens is 4. The van der Waals surface area contributed by atoms with Crippen LogP contribution in [0.4, 0.5) is 0 Å². The van der Waals surface area contributed by atoms with Gasteiger partial charge in [-0.2, -0.15) is 4.80 Å². The third kappa shape index (κ3) is 3.85. The Bertz CT molecular complexity index is 248. The molecule has 1 heterocycles. The summed E-state index contributed by atoms with van der Waals surface area (Å²) in [7, 11) is 1.79. The van der Waals surface area contributed by atoms with Gasteiger partial charge in [0.1, 0.15) is 0 Å². The molecule has 0 aromatic carbocycles. The average molecular weight is 247 g/mol. The molecule has 0 spiro atoms. The fourth-order valence-electron chi connectivity index (χ4n) is 1.11. The molecule has 4 nitrogen and oxygen atoms in total. The van der Waals surface area contributed by atoms with Crippen molar-refractivity contribution < 1.29 is 0 Å². The summed E-state index contributed by atoms with van der Waals surface area (Å²) < 4.78 is 0. The maximum Gasteiger partial charge on any atom is 0.174 e. The lowest BCUT2D eigenvalue weighted by Gasteiger charge is -2.03. The van der Waals surface area contributed by atoms with Gasteiger partial charge in [0.25, 0.3) is 0 Å². The van der Waals surface area contributed by atoms with E-state index in [1.54, 1.807) is 7.05 Å². The van der Waals surface area contributed by atoms with Crippen LogP contribution < -0.4 is 0 Å². The fraction of sp³-hybridized carbons (Fsp3) is 0.875. The highest BCUT2D eigenvalue weighted by molar-refractivity contribution is 9.09. The Labute approximate surface area is 86.8 Å². The van der Waals surface area contributed by atoms with E-state index in [9.17, 15) is 0 Å². The highest BCUT2D eigenvalue weighted by atomic mass is 79.9. The molecule has 1 aromatic heterocycles. The van der Waals surface area contributed by atoms with Crippen LogP contribution in [0.5, 0.6) is 0 Å². The predicted octanol–water partition coefficient (Wildman–Crippen LogP) is 1.71. The van der Waals surface area contributed by atoms with Crippen molar-refractivity contribution in [2.75, 3.05) is 0 Å². The number of rotatable bonds is 5. The molecule has 0 aliphatic heterocycles. The van der Waals surface area contributed by atoms with Crippen LogP contribution in [0.3, 0.4) is 0 Å². The molecule has 0 N–H and O–H groups in total. The first-order valence-electron chi connectivity index (χ1n) is 4.59. The number of nitrogens with zero attached hydrogens (tertiary/aromatic N) is 4. The van der Waals surface area contributed by atoms with Gasteiger partial charge in [-0.25, -0.2) is 0 Å². The third-order valence-electron chi connectivity index (χ3n) is 1.91. The molecule has 0 amide bonds. The van der Waals surface area contributed by atoms with Gasteiger partial charge in [0.15, 0.2) is 5.82 Å². The lowest BCUT2D eigenvalue weighted by molar-refractivity contribution is 0.623. The van der Waals surface area contributed by atoms with Gasteiger partial charge >= 0.3 is 0 Å². The summed E-state index contributed by atoms with van der Waals surface area (Å²) in [5.41, 5.74) is 0. The second-order valence-corrected chi connectivity index (χ2v) is 4.39. The summed E-state index contributed by atoms with van der Waals surface area (Å²) in [4.78, 5) is 2.13. The first kappa shape index (κ1) is 10.6. The average Bonchev–Trinajstić information content (AvgIpc) is 2.51. The molecule has 1 aromatic rings. The van der Waals surface area contributed by atoms with Gasteiger partial charge in [0.2, 0.25) is 0 Å². The first-order valence-corrected chi connectivity index (χ1v) is 5.51. The zero-order valence-corrected chi connectivity index (χ0v) is 9.66. The van der Waals surface area contributed by atoms with Crippen molar-refractivity contribution in [3.05, 3.63) is 5.82 Å². The normalized spacial score (nSPS) is 13.2. The van der Waals surface area contributed by atoms with Gasteiger partial charge in [-0.1, -0.05) is 22.9 Å². The van der Waals surface area contributed by atoms with E-state index < -0.39 is 0 Å². The number of tetrazole rings is 1. The molecule has 5 heteroatoms. The molecule has 0 aliphatic carbocycles. The largest absolute Gasteiger partial charge is 0.174 e. The molecule has 0 aliphatic rings. The lowest BCUT2D eigenvalue weighted by Crippen LogP contribution is -1.98. The zero-order chi connectivity index (χ0) is 9.68. The van der Waals surface area contributed by atoms with Gasteiger partial charge < -0.3 is 0 Å². The monoisotopic (exact) mass is 246 g/mol. The number of aryl methyl sites for hydroxylation is 2. The van der Waals surface area contributed by atoms with Crippen LogP contribution in [-0.2, 0) is 13.5 Å². The third-order valence-corrected chi connectivity index (χ3v) is 3.02. The molecule has 1 rings (SSSR count). The highest BCUT2D eigenvalue weighted by Crippen LogP contribution is 2.12. The SMILES string of the molecule is CCC(Br)CCCc1nnn(C)n1. The molecule has 1 atom stereocenters. The van der Waals surface area contributed by atoms with Crippen molar-refractivity contribution in [2.24, 2.45) is 7.05 Å². The summed E-state index contributed by atoms with van der Waals surface area (Å²) in [6, 6.07) is 0. The van der Waals surface area contributed by atoms with E-state index in [1.807, 2.05) is 0 Å². The molecular weight excluding hydrogens is 232 g/mol. The van der Waals surface area contributed by atoms with Crippen LogP contribution in [-0.4, -0.2) is 25.0 Å². The standard InChI is InChI=1S/C8H15BrN4/c1-3-7(9)5-4-6-8-10-12-13(2)11-8/h7H,3-6H2,1-2H3. The summed E-state index contributed by atoms with van der Waals surface area (Å²) in [5, 5.41) is 11.8. The van der Waals surface area contributed by atoms with Crippen LogP contribution >= 0.6 is 15.9 Å². The van der Waals surface area contributed by atoms with Crippen LogP contribution in [0.1, 0.15) is 32.0 Å². The number of halogens is 1. The summed E-state index contributed by atoms with van der Waals surface area (Å²) in [5.74, 6) is 0.846. The number of hydrogen-bond donors (Lipinski definition) is 0. The Balaban J connectivity index is 2.20.